The van der Waals surface area contributed by atoms with Crippen LogP contribution in [-0.2, 0) is 49.9 Å². The van der Waals surface area contributed by atoms with Crippen molar-refractivity contribution in [1.29, 1.82) is 10.5 Å². The first-order chi connectivity index (χ1) is 23.0. The third kappa shape index (κ3) is 10.4. The summed E-state index contributed by atoms with van der Waals surface area (Å²) in [5.74, 6) is 1.93. The number of H-pyrrole nitrogens is 1. The standard InChI is InChI=1S/C22H37B2N7O14P4Si/c1-12(2)18(32)29-21-28-17-14(19(33)30-21)27-11-31(17)20-16(43-50(6,7)22(3,4)5)15(42-49(39,24-10-26)45-47(36)37)13(41-20)8-40-48(38,23-9-25)44-46(34)35/h11-13,15-16,20,23-24,46-47H,8H2,1-7H3,(H,34,35)(H,36,37)(H2,28,29,30,32,33). The molecule has 0 spiro atoms. The third-order valence-corrected chi connectivity index (χ3v) is 17.8. The van der Waals surface area contributed by atoms with Gasteiger partial charge in [0.1, 0.15) is 18.3 Å². The second-order valence-electron chi connectivity index (χ2n) is 12.7. The molecule has 2 aromatic rings. The van der Waals surface area contributed by atoms with E-state index in [1.54, 1.807) is 19.8 Å². The number of nitrogens with zero attached hydrogens (tertiary/aromatic N) is 5. The first-order valence-electron chi connectivity index (χ1n) is 14.8. The van der Waals surface area contributed by atoms with Gasteiger partial charge >= 0.3 is 45.5 Å². The Morgan fingerprint density at radius 3 is 2.28 bits per heavy atom. The monoisotopic (exact) mass is 797 g/mol. The van der Waals surface area contributed by atoms with Crippen molar-refractivity contribution in [2.45, 2.75) is 77.3 Å². The zero-order valence-electron chi connectivity index (χ0n) is 28.0. The third-order valence-electron chi connectivity index (χ3n) is 7.68. The molecule has 3 rings (SSSR count). The fourth-order valence-electron chi connectivity index (χ4n) is 4.25. The lowest BCUT2D eigenvalue weighted by Gasteiger charge is -2.41. The fourth-order valence-corrected chi connectivity index (χ4v) is 9.85. The number of amides is 1. The largest absolute Gasteiger partial charge is 0.407 e. The number of anilines is 1. The molecule has 1 aliphatic heterocycles. The lowest BCUT2D eigenvalue weighted by atomic mass is 10.1. The summed E-state index contributed by atoms with van der Waals surface area (Å²) >= 11 is 0. The molecular weight excluding hydrogens is 760 g/mol. The smallest absolute Gasteiger partial charge is 0.391 e. The van der Waals surface area contributed by atoms with Gasteiger partial charge in [-0.15, -0.1) is 0 Å². The van der Waals surface area contributed by atoms with Gasteiger partial charge < -0.3 is 28.0 Å². The summed E-state index contributed by atoms with van der Waals surface area (Å²) in [6.45, 7) is 9.80. The molecule has 4 N–H and O–H groups in total. The van der Waals surface area contributed by atoms with E-state index in [4.69, 9.17) is 27.8 Å². The molecule has 3 heterocycles. The molecule has 21 nitrogen and oxygen atoms in total. The van der Waals surface area contributed by atoms with Crippen molar-refractivity contribution in [2.75, 3.05) is 11.9 Å². The number of carbonyl (C=O) groups excluding carboxylic acids is 1. The summed E-state index contributed by atoms with van der Waals surface area (Å²) in [6.07, 6.45) is -4.82. The Kier molecular flexibility index (Phi) is 14.0. The summed E-state index contributed by atoms with van der Waals surface area (Å²) in [7, 11) is -20.1. The Bertz CT molecular complexity index is 1880. The molecule has 8 unspecified atom stereocenters. The lowest BCUT2D eigenvalue weighted by molar-refractivity contribution is -0.118. The highest BCUT2D eigenvalue weighted by atomic mass is 31.2. The molecule has 50 heavy (non-hydrogen) atoms. The van der Waals surface area contributed by atoms with Crippen molar-refractivity contribution >= 4 is 76.8 Å². The summed E-state index contributed by atoms with van der Waals surface area (Å²) in [5.41, 5.74) is -1.07. The highest BCUT2D eigenvalue weighted by molar-refractivity contribution is 7.87. The van der Waals surface area contributed by atoms with E-state index in [2.05, 4.69) is 24.6 Å². The molecule has 0 radical (unpaired) electrons. The number of hydrogen-bond donors (Lipinski definition) is 4. The number of hydrogen-bond acceptors (Lipinski definition) is 16. The van der Waals surface area contributed by atoms with Gasteiger partial charge in [0.15, 0.2) is 25.7 Å². The number of nitriles is 2. The van der Waals surface area contributed by atoms with Gasteiger partial charge in [0.2, 0.25) is 11.9 Å². The molecule has 2 aromatic heterocycles. The van der Waals surface area contributed by atoms with E-state index in [-0.39, 0.29) is 17.1 Å². The van der Waals surface area contributed by atoms with Gasteiger partial charge in [-0.25, -0.2) is 24.1 Å². The molecule has 0 saturated carbocycles. The van der Waals surface area contributed by atoms with Crippen LogP contribution < -0.4 is 10.9 Å². The van der Waals surface area contributed by atoms with Gasteiger partial charge in [-0.05, 0) is 18.1 Å². The Hall–Kier alpha value is -2.25. The SMILES string of the molecule is CC(C)C(=O)Nc1nc2c(ncn2C2OC(COP(=O)(BC#N)O[PH](=O)O)C(OP(=O)(BC#N)O[PH](=O)O)C2O[Si](C)(C)C(C)(C)C)c(=O)[nH]1. The van der Waals surface area contributed by atoms with Crippen molar-refractivity contribution in [1.82, 2.24) is 19.5 Å². The molecule has 274 valence electrons. The van der Waals surface area contributed by atoms with E-state index in [0.717, 1.165) is 6.33 Å². The van der Waals surface area contributed by atoms with Crippen LogP contribution in [0.1, 0.15) is 40.8 Å². The van der Waals surface area contributed by atoms with Crippen LogP contribution in [0.4, 0.5) is 5.95 Å². The maximum Gasteiger partial charge on any atom is 0.391 e. The van der Waals surface area contributed by atoms with Gasteiger partial charge in [0.25, 0.3) is 5.56 Å². The summed E-state index contributed by atoms with van der Waals surface area (Å²) in [5, 5.41) is 20.5. The van der Waals surface area contributed by atoms with Crippen LogP contribution in [0.25, 0.3) is 11.2 Å². The van der Waals surface area contributed by atoms with E-state index < -0.39 is 107 Å². The first-order valence-corrected chi connectivity index (χ1v) is 23.7. The second-order valence-corrected chi connectivity index (χ2v) is 23.6. The predicted octanol–water partition coefficient (Wildman–Crippen LogP) is 2.25. The minimum Gasteiger partial charge on any atom is -0.407 e. The molecule has 1 aliphatic rings. The van der Waals surface area contributed by atoms with Crippen molar-refractivity contribution in [3.8, 4) is 11.9 Å². The van der Waals surface area contributed by atoms with Gasteiger partial charge in [-0.3, -0.25) is 42.7 Å². The summed E-state index contributed by atoms with van der Waals surface area (Å²) in [4.78, 5) is 55.1. The molecule has 28 heteroatoms. The van der Waals surface area contributed by atoms with Crippen LogP contribution in [-0.4, -0.2) is 82.4 Å². The van der Waals surface area contributed by atoms with E-state index in [9.17, 15) is 42.9 Å². The zero-order valence-corrected chi connectivity index (χ0v) is 32.8. The molecule has 1 saturated heterocycles. The average Bonchev–Trinajstić information content (AvgIpc) is 3.51. The number of imidazole rings is 1. The van der Waals surface area contributed by atoms with Crippen LogP contribution in [0.5, 0.6) is 0 Å². The fraction of sp³-hybridized carbons (Fsp3) is 0.636. The van der Waals surface area contributed by atoms with Crippen molar-refractivity contribution < 1.29 is 59.7 Å². The Morgan fingerprint density at radius 1 is 1.16 bits per heavy atom. The zero-order chi connectivity index (χ0) is 37.8. The first kappa shape index (κ1) is 42.2. The minimum atomic E-state index is -4.76. The summed E-state index contributed by atoms with van der Waals surface area (Å²) < 4.78 is 84.5. The number of carbonyl (C=O) groups is 1. The molecule has 8 atom stereocenters. The van der Waals surface area contributed by atoms with Crippen molar-refractivity contribution in [2.24, 2.45) is 5.92 Å². The predicted molar refractivity (Wildman–Crippen MR) is 184 cm³/mol. The maximum atomic E-state index is 13.7. The van der Waals surface area contributed by atoms with Crippen LogP contribution in [0, 0.1) is 28.4 Å². The van der Waals surface area contributed by atoms with Gasteiger partial charge in [0.05, 0.1) is 12.9 Å². The quantitative estimate of drug-likeness (QED) is 0.140. The maximum absolute atomic E-state index is 13.7. The lowest BCUT2D eigenvalue weighted by Crippen LogP contribution is -2.49. The second kappa shape index (κ2) is 16.6. The highest BCUT2D eigenvalue weighted by Gasteiger charge is 2.55. The summed E-state index contributed by atoms with van der Waals surface area (Å²) in [6, 6.07) is 0. The van der Waals surface area contributed by atoms with E-state index >= 15 is 0 Å². The molecule has 1 amide bonds. The number of aromatic nitrogens is 4. The Labute approximate surface area is 289 Å². The topological polar surface area (TPSA) is 304 Å². The minimum absolute atomic E-state index is 0.129. The van der Waals surface area contributed by atoms with Gasteiger partial charge in [-0.1, -0.05) is 34.6 Å². The number of aromatic amines is 1. The van der Waals surface area contributed by atoms with E-state index in [0.29, 0.717) is 0 Å². The van der Waals surface area contributed by atoms with Crippen molar-refractivity contribution in [3.05, 3.63) is 16.7 Å². The number of nitrogens with one attached hydrogen (secondary N) is 2. The Balaban J connectivity index is 2.26. The molecular formula is C22H37B2N7O14P4Si. The Morgan fingerprint density at radius 2 is 1.74 bits per heavy atom. The van der Waals surface area contributed by atoms with Gasteiger partial charge in [0, 0.05) is 17.9 Å². The van der Waals surface area contributed by atoms with Crippen molar-refractivity contribution in [3.63, 3.8) is 0 Å². The van der Waals surface area contributed by atoms with Crippen LogP contribution in [0.15, 0.2) is 11.1 Å². The van der Waals surface area contributed by atoms with Crippen LogP contribution >= 0.6 is 31.5 Å². The van der Waals surface area contributed by atoms with E-state index in [1.165, 1.54) is 10.5 Å². The van der Waals surface area contributed by atoms with Crippen LogP contribution in [0.3, 0.4) is 0 Å². The van der Waals surface area contributed by atoms with E-state index in [1.807, 2.05) is 33.9 Å². The normalized spacial score (nSPS) is 23.3. The molecule has 0 bridgehead atoms. The number of fused-ring (bicyclic) bond motifs is 1. The molecule has 0 aliphatic carbocycles. The van der Waals surface area contributed by atoms with Crippen LogP contribution in [0.2, 0.25) is 18.1 Å². The van der Waals surface area contributed by atoms with Gasteiger partial charge in [-0.2, -0.15) is 4.98 Å². The molecule has 1 fully saturated rings. The highest BCUT2D eigenvalue weighted by Crippen LogP contribution is 2.58. The number of ether oxygens (including phenoxy) is 1. The average molecular weight is 797 g/mol. The molecule has 0 aromatic carbocycles. The number of rotatable bonds is 16.